The molecule has 3 heterocycles. The van der Waals surface area contributed by atoms with Crippen molar-refractivity contribution in [3.05, 3.63) is 51.8 Å². The molecule has 3 rings (SSSR count). The van der Waals surface area contributed by atoms with Crippen LogP contribution in [0.4, 0.5) is 9.93 Å². The Hall–Kier alpha value is -2.12. The maximum Gasteiger partial charge on any atom is 0.420 e. The number of nitrogens with one attached hydrogen (secondary N) is 1. The summed E-state index contributed by atoms with van der Waals surface area (Å²) in [6.45, 7) is 5.13. The van der Waals surface area contributed by atoms with E-state index in [1.54, 1.807) is 22.9 Å². The van der Waals surface area contributed by atoms with Crippen LogP contribution in [0.25, 0.3) is 0 Å². The molecule has 0 bridgehead atoms. The van der Waals surface area contributed by atoms with Crippen LogP contribution in [0.5, 0.6) is 5.88 Å². The van der Waals surface area contributed by atoms with Crippen LogP contribution >= 0.6 is 22.7 Å². The molecule has 1 amide bonds. The topological polar surface area (TPSA) is 56.1 Å². The summed E-state index contributed by atoms with van der Waals surface area (Å²) in [5.74, 6) is 1.12. The number of amides is 1. The fraction of sp³-hybridized carbons (Fsp3) is 0.333. The van der Waals surface area contributed by atoms with Crippen LogP contribution in [-0.2, 0) is 19.4 Å². The highest BCUT2D eigenvalue weighted by Crippen LogP contribution is 2.22. The maximum atomic E-state index is 12.1. The van der Waals surface area contributed by atoms with Gasteiger partial charge < -0.3 is 9.30 Å². The number of carbonyl (C=O) groups excluding carboxylic acids is 1. The van der Waals surface area contributed by atoms with Crippen LogP contribution < -0.4 is 10.1 Å². The average Bonchev–Trinajstić information content (AvgIpc) is 3.27. The number of thiazole rings is 1. The van der Waals surface area contributed by atoms with Gasteiger partial charge in [0.05, 0.1) is 0 Å². The Balaban J connectivity index is 1.70. The Labute approximate surface area is 155 Å². The lowest BCUT2D eigenvalue weighted by atomic mass is 10.1. The summed E-state index contributed by atoms with van der Waals surface area (Å²) in [5, 5.41) is 9.21. The minimum atomic E-state index is -0.513. The molecule has 7 heteroatoms. The second-order valence-electron chi connectivity index (χ2n) is 6.21. The number of thiophene rings is 1. The number of rotatable bonds is 7. The van der Waals surface area contributed by atoms with Crippen molar-refractivity contribution in [1.29, 1.82) is 0 Å². The molecule has 1 N–H and O–H groups in total. The number of anilines is 1. The Morgan fingerprint density at radius 1 is 1.36 bits per heavy atom. The number of nitrogens with zero attached hydrogens (tertiary/aromatic N) is 2. The number of aryl methyl sites for hydroxylation is 2. The molecule has 0 unspecified atom stereocenters. The SMILES string of the molecule is CC(C)Cc1cc(OC(=O)Nc2nccs2)n(CCc2ccsc2)c1. The number of hydrogen-bond donors (Lipinski definition) is 1. The van der Waals surface area contributed by atoms with E-state index in [-0.39, 0.29) is 0 Å². The predicted octanol–water partition coefficient (Wildman–Crippen LogP) is 5.06. The van der Waals surface area contributed by atoms with E-state index >= 15 is 0 Å². The van der Waals surface area contributed by atoms with Crippen molar-refractivity contribution >= 4 is 33.9 Å². The number of hydrogen-bond acceptors (Lipinski definition) is 5. The summed E-state index contributed by atoms with van der Waals surface area (Å²) in [6.07, 6.45) is 5.07. The number of ether oxygens (including phenoxy) is 1. The van der Waals surface area contributed by atoms with Gasteiger partial charge in [0.1, 0.15) is 0 Å². The van der Waals surface area contributed by atoms with Crippen LogP contribution in [0.2, 0.25) is 0 Å². The van der Waals surface area contributed by atoms with E-state index in [4.69, 9.17) is 4.74 Å². The third-order valence-corrected chi connectivity index (χ3v) is 5.04. The minimum absolute atomic E-state index is 0.513. The van der Waals surface area contributed by atoms with Gasteiger partial charge in [0.25, 0.3) is 0 Å². The second-order valence-corrected chi connectivity index (χ2v) is 7.89. The van der Waals surface area contributed by atoms with E-state index in [9.17, 15) is 4.79 Å². The lowest BCUT2D eigenvalue weighted by molar-refractivity contribution is 0.211. The monoisotopic (exact) mass is 375 g/mol. The molecule has 0 aliphatic carbocycles. The molecule has 3 aromatic rings. The zero-order valence-corrected chi connectivity index (χ0v) is 15.9. The predicted molar refractivity (Wildman–Crippen MR) is 103 cm³/mol. The average molecular weight is 376 g/mol. The first kappa shape index (κ1) is 17.7. The minimum Gasteiger partial charge on any atom is -0.393 e. The molecular weight excluding hydrogens is 354 g/mol. The van der Waals surface area contributed by atoms with Gasteiger partial charge >= 0.3 is 6.09 Å². The number of aromatic nitrogens is 2. The quantitative estimate of drug-likeness (QED) is 0.628. The molecule has 5 nitrogen and oxygen atoms in total. The first-order valence-electron chi connectivity index (χ1n) is 8.18. The molecule has 0 saturated heterocycles. The van der Waals surface area contributed by atoms with Crippen molar-refractivity contribution in [3.63, 3.8) is 0 Å². The zero-order chi connectivity index (χ0) is 17.6. The molecular formula is C18H21N3O2S2. The van der Waals surface area contributed by atoms with Gasteiger partial charge in [-0.3, -0.25) is 5.32 Å². The van der Waals surface area contributed by atoms with Crippen LogP contribution in [0, 0.1) is 5.92 Å². The van der Waals surface area contributed by atoms with Crippen molar-refractivity contribution in [2.24, 2.45) is 5.92 Å². The summed E-state index contributed by atoms with van der Waals surface area (Å²) < 4.78 is 7.54. The standard InChI is InChI=1S/C18H21N3O2S2/c1-13(2)9-15-10-16(23-18(22)20-17-19-5-8-25-17)21(11-15)6-3-14-4-7-24-12-14/h4-5,7-8,10-13H,3,6,9H2,1-2H3,(H,19,20,22). The first-order chi connectivity index (χ1) is 12.1. The zero-order valence-electron chi connectivity index (χ0n) is 14.3. The van der Waals surface area contributed by atoms with Crippen LogP contribution in [0.3, 0.4) is 0 Å². The molecule has 0 aliphatic heterocycles. The summed E-state index contributed by atoms with van der Waals surface area (Å²) in [6, 6.07) is 4.08. The summed E-state index contributed by atoms with van der Waals surface area (Å²) >= 11 is 3.05. The fourth-order valence-corrected chi connectivity index (χ4v) is 3.78. The highest BCUT2D eigenvalue weighted by Gasteiger charge is 2.13. The van der Waals surface area contributed by atoms with Crippen LogP contribution in [0.15, 0.2) is 40.7 Å². The smallest absolute Gasteiger partial charge is 0.393 e. The van der Waals surface area contributed by atoms with E-state index in [0.717, 1.165) is 19.4 Å². The van der Waals surface area contributed by atoms with Gasteiger partial charge in [-0.15, -0.1) is 11.3 Å². The van der Waals surface area contributed by atoms with Crippen LogP contribution in [0.1, 0.15) is 25.0 Å². The molecule has 132 valence electrons. The van der Waals surface area contributed by atoms with Gasteiger partial charge in [0, 0.05) is 30.4 Å². The first-order valence-corrected chi connectivity index (χ1v) is 10.0. The van der Waals surface area contributed by atoms with Gasteiger partial charge in [0.2, 0.25) is 5.88 Å². The molecule has 0 aliphatic rings. The molecule has 3 aromatic heterocycles. The van der Waals surface area contributed by atoms with Gasteiger partial charge in [-0.25, -0.2) is 9.78 Å². The lowest BCUT2D eigenvalue weighted by Gasteiger charge is -2.09. The van der Waals surface area contributed by atoms with Gasteiger partial charge in [-0.05, 0) is 46.7 Å². The van der Waals surface area contributed by atoms with E-state index in [1.165, 1.54) is 22.5 Å². The van der Waals surface area contributed by atoms with E-state index in [1.807, 2.05) is 10.6 Å². The van der Waals surface area contributed by atoms with Crippen molar-refractivity contribution in [2.45, 2.75) is 33.2 Å². The van der Waals surface area contributed by atoms with E-state index in [0.29, 0.717) is 16.9 Å². The van der Waals surface area contributed by atoms with Crippen molar-refractivity contribution in [2.75, 3.05) is 5.32 Å². The molecule has 0 aromatic carbocycles. The third kappa shape index (κ3) is 5.17. The second kappa shape index (κ2) is 8.31. The molecule has 0 fully saturated rings. The van der Waals surface area contributed by atoms with Crippen LogP contribution in [-0.4, -0.2) is 15.6 Å². The molecule has 0 saturated carbocycles. The van der Waals surface area contributed by atoms with E-state index < -0.39 is 6.09 Å². The molecule has 0 atom stereocenters. The highest BCUT2D eigenvalue weighted by molar-refractivity contribution is 7.13. The Kier molecular flexibility index (Phi) is 5.88. The van der Waals surface area contributed by atoms with Gasteiger partial charge in [-0.1, -0.05) is 13.8 Å². The maximum absolute atomic E-state index is 12.1. The highest BCUT2D eigenvalue weighted by atomic mass is 32.1. The largest absolute Gasteiger partial charge is 0.420 e. The lowest BCUT2D eigenvalue weighted by Crippen LogP contribution is -2.18. The normalized spacial score (nSPS) is 11.0. The molecule has 0 spiro atoms. The van der Waals surface area contributed by atoms with Gasteiger partial charge in [0.15, 0.2) is 5.13 Å². The Bertz CT molecular complexity index is 793. The summed E-state index contributed by atoms with van der Waals surface area (Å²) in [4.78, 5) is 16.2. The third-order valence-electron chi connectivity index (χ3n) is 3.62. The Morgan fingerprint density at radius 2 is 2.24 bits per heavy atom. The molecule has 25 heavy (non-hydrogen) atoms. The van der Waals surface area contributed by atoms with Crippen molar-refractivity contribution in [3.8, 4) is 5.88 Å². The molecule has 0 radical (unpaired) electrons. The Morgan fingerprint density at radius 3 is 2.92 bits per heavy atom. The summed E-state index contributed by atoms with van der Waals surface area (Å²) in [7, 11) is 0. The number of carbonyl (C=O) groups is 1. The van der Waals surface area contributed by atoms with Crippen molar-refractivity contribution < 1.29 is 9.53 Å². The van der Waals surface area contributed by atoms with Crippen molar-refractivity contribution in [1.82, 2.24) is 9.55 Å². The van der Waals surface area contributed by atoms with Gasteiger partial charge in [-0.2, -0.15) is 11.3 Å². The van der Waals surface area contributed by atoms with E-state index in [2.05, 4.69) is 47.2 Å². The summed E-state index contributed by atoms with van der Waals surface area (Å²) in [5.41, 5.74) is 2.47. The fourth-order valence-electron chi connectivity index (χ4n) is 2.57.